The van der Waals surface area contributed by atoms with E-state index in [1.165, 1.54) is 6.26 Å². The zero-order chi connectivity index (χ0) is 18.0. The number of anilines is 1. The molecular weight excluding hydrogens is 352 g/mol. The Morgan fingerprint density at radius 1 is 1.28 bits per heavy atom. The van der Waals surface area contributed by atoms with Gasteiger partial charge in [-0.25, -0.2) is 8.78 Å². The average Bonchev–Trinajstić information content (AvgIpc) is 3.18. The molecule has 130 valence electrons. The molecule has 1 amide bonds. The summed E-state index contributed by atoms with van der Waals surface area (Å²) in [4.78, 5) is 12.1. The van der Waals surface area contributed by atoms with Gasteiger partial charge in [-0.2, -0.15) is 0 Å². The number of furan rings is 1. The van der Waals surface area contributed by atoms with Gasteiger partial charge in [0.05, 0.1) is 22.8 Å². The Balaban J connectivity index is 1.66. The Labute approximate surface area is 145 Å². The number of hydrogen-bond donors (Lipinski definition) is 1. The number of aromatic nitrogens is 2. The van der Waals surface area contributed by atoms with Gasteiger partial charge in [-0.15, -0.1) is 10.2 Å². The summed E-state index contributed by atoms with van der Waals surface area (Å²) in [6.07, 6.45) is 1.51. The molecule has 0 saturated carbocycles. The SMILES string of the molecule is Cc1occc1-c1nnc(S[C@H](C)C(=O)Nc2ccc(F)cc2F)o1. The molecule has 1 atom stereocenters. The third kappa shape index (κ3) is 3.87. The third-order valence-corrected chi connectivity index (χ3v) is 4.27. The molecule has 25 heavy (non-hydrogen) atoms. The van der Waals surface area contributed by atoms with Crippen molar-refractivity contribution in [1.82, 2.24) is 10.2 Å². The molecule has 1 aromatic carbocycles. The van der Waals surface area contributed by atoms with E-state index in [-0.39, 0.29) is 16.8 Å². The van der Waals surface area contributed by atoms with Crippen molar-refractivity contribution in [2.75, 3.05) is 5.32 Å². The maximum Gasteiger partial charge on any atom is 0.277 e. The summed E-state index contributed by atoms with van der Waals surface area (Å²) in [6.45, 7) is 3.37. The predicted octanol–water partition coefficient (Wildman–Crippen LogP) is 4.04. The van der Waals surface area contributed by atoms with Crippen molar-refractivity contribution in [3.63, 3.8) is 0 Å². The second-order valence-electron chi connectivity index (χ2n) is 5.14. The molecule has 2 heterocycles. The summed E-state index contributed by atoms with van der Waals surface area (Å²) in [7, 11) is 0. The maximum atomic E-state index is 13.6. The van der Waals surface area contributed by atoms with Crippen molar-refractivity contribution in [2.45, 2.75) is 24.3 Å². The van der Waals surface area contributed by atoms with E-state index in [4.69, 9.17) is 8.83 Å². The molecule has 0 aliphatic heterocycles. The fourth-order valence-corrected chi connectivity index (χ4v) is 2.69. The van der Waals surface area contributed by atoms with Crippen molar-refractivity contribution in [2.24, 2.45) is 0 Å². The summed E-state index contributed by atoms with van der Waals surface area (Å²) in [6, 6.07) is 4.62. The Morgan fingerprint density at radius 2 is 2.08 bits per heavy atom. The molecule has 0 fully saturated rings. The fraction of sp³-hybridized carbons (Fsp3) is 0.188. The van der Waals surface area contributed by atoms with Crippen LogP contribution in [0, 0.1) is 18.6 Å². The molecule has 0 aliphatic rings. The van der Waals surface area contributed by atoms with Crippen molar-refractivity contribution in [3.05, 3.63) is 47.9 Å². The fourth-order valence-electron chi connectivity index (χ4n) is 2.00. The number of benzene rings is 1. The minimum Gasteiger partial charge on any atom is -0.469 e. The molecule has 2 aromatic heterocycles. The lowest BCUT2D eigenvalue weighted by molar-refractivity contribution is -0.115. The van der Waals surface area contributed by atoms with E-state index in [9.17, 15) is 13.6 Å². The molecule has 0 radical (unpaired) electrons. The van der Waals surface area contributed by atoms with Gasteiger partial charge in [0.15, 0.2) is 0 Å². The van der Waals surface area contributed by atoms with Crippen LogP contribution in [0.2, 0.25) is 0 Å². The molecule has 3 rings (SSSR count). The van der Waals surface area contributed by atoms with Crippen LogP contribution < -0.4 is 5.32 Å². The smallest absolute Gasteiger partial charge is 0.277 e. The third-order valence-electron chi connectivity index (χ3n) is 3.33. The van der Waals surface area contributed by atoms with Gasteiger partial charge < -0.3 is 14.2 Å². The van der Waals surface area contributed by atoms with Crippen LogP contribution in [0.5, 0.6) is 0 Å². The van der Waals surface area contributed by atoms with E-state index in [1.54, 1.807) is 19.9 Å². The number of amides is 1. The average molecular weight is 365 g/mol. The zero-order valence-corrected chi connectivity index (χ0v) is 14.1. The summed E-state index contributed by atoms with van der Waals surface area (Å²) in [5.74, 6) is -1.12. The van der Waals surface area contributed by atoms with Crippen molar-refractivity contribution < 1.29 is 22.4 Å². The minimum absolute atomic E-state index is 0.0981. The van der Waals surface area contributed by atoms with E-state index in [0.717, 1.165) is 23.9 Å². The van der Waals surface area contributed by atoms with Crippen LogP contribution in [0.25, 0.3) is 11.5 Å². The quantitative estimate of drug-likeness (QED) is 0.688. The van der Waals surface area contributed by atoms with E-state index in [1.807, 2.05) is 0 Å². The number of rotatable bonds is 5. The van der Waals surface area contributed by atoms with Crippen LogP contribution in [0.15, 0.2) is 44.6 Å². The van der Waals surface area contributed by atoms with Gasteiger partial charge in [0.1, 0.15) is 17.4 Å². The van der Waals surface area contributed by atoms with Crippen LogP contribution in [-0.2, 0) is 4.79 Å². The Hall–Kier alpha value is -2.68. The first-order chi connectivity index (χ1) is 11.9. The molecule has 3 aromatic rings. The van der Waals surface area contributed by atoms with Gasteiger partial charge in [0.2, 0.25) is 5.91 Å². The van der Waals surface area contributed by atoms with Gasteiger partial charge in [0, 0.05) is 6.07 Å². The monoisotopic (exact) mass is 365 g/mol. The largest absolute Gasteiger partial charge is 0.469 e. The highest BCUT2D eigenvalue weighted by atomic mass is 32.2. The second kappa shape index (κ2) is 7.06. The predicted molar refractivity (Wildman–Crippen MR) is 87.0 cm³/mol. The molecule has 0 unspecified atom stereocenters. The molecular formula is C16H13F2N3O3S. The summed E-state index contributed by atoms with van der Waals surface area (Å²) in [5.41, 5.74) is 0.573. The number of aryl methyl sites for hydroxylation is 1. The number of hydrogen-bond acceptors (Lipinski definition) is 6. The van der Waals surface area contributed by atoms with E-state index in [2.05, 4.69) is 15.5 Å². The molecule has 0 spiro atoms. The number of halogens is 2. The molecule has 1 N–H and O–H groups in total. The normalized spacial score (nSPS) is 12.2. The van der Waals surface area contributed by atoms with Crippen LogP contribution in [0.4, 0.5) is 14.5 Å². The van der Waals surface area contributed by atoms with Gasteiger partial charge in [-0.3, -0.25) is 4.79 Å². The standard InChI is InChI=1S/C16H13F2N3O3S/c1-8-11(5-6-23-8)15-20-21-16(24-15)25-9(2)14(22)19-13-4-3-10(17)7-12(13)18/h3-7,9H,1-2H3,(H,19,22)/t9-/m1/s1. The minimum atomic E-state index is -0.846. The van der Waals surface area contributed by atoms with Gasteiger partial charge >= 0.3 is 0 Å². The lowest BCUT2D eigenvalue weighted by Crippen LogP contribution is -2.23. The lowest BCUT2D eigenvalue weighted by Gasteiger charge is -2.10. The molecule has 9 heteroatoms. The van der Waals surface area contributed by atoms with Crippen molar-refractivity contribution >= 4 is 23.4 Å². The molecule has 0 bridgehead atoms. The first-order valence-electron chi connectivity index (χ1n) is 7.24. The van der Waals surface area contributed by atoms with E-state index in [0.29, 0.717) is 17.4 Å². The number of nitrogens with one attached hydrogen (secondary N) is 1. The van der Waals surface area contributed by atoms with E-state index >= 15 is 0 Å². The van der Waals surface area contributed by atoms with Crippen LogP contribution in [0.3, 0.4) is 0 Å². The van der Waals surface area contributed by atoms with Crippen molar-refractivity contribution in [3.8, 4) is 11.5 Å². The van der Waals surface area contributed by atoms with Crippen LogP contribution in [-0.4, -0.2) is 21.4 Å². The topological polar surface area (TPSA) is 81.2 Å². The molecule has 0 saturated heterocycles. The summed E-state index contributed by atoms with van der Waals surface area (Å²) in [5, 5.41) is 9.73. The summed E-state index contributed by atoms with van der Waals surface area (Å²) >= 11 is 1.02. The van der Waals surface area contributed by atoms with Gasteiger partial charge in [-0.05, 0) is 32.0 Å². The highest BCUT2D eigenvalue weighted by Gasteiger charge is 2.20. The highest BCUT2D eigenvalue weighted by Crippen LogP contribution is 2.28. The number of thioether (sulfide) groups is 1. The Kier molecular flexibility index (Phi) is 4.84. The highest BCUT2D eigenvalue weighted by molar-refractivity contribution is 8.00. The molecule has 6 nitrogen and oxygen atoms in total. The van der Waals surface area contributed by atoms with E-state index < -0.39 is 22.8 Å². The Bertz CT molecular complexity index is 910. The lowest BCUT2D eigenvalue weighted by atomic mass is 10.3. The van der Waals surface area contributed by atoms with Gasteiger partial charge in [0.25, 0.3) is 11.1 Å². The van der Waals surface area contributed by atoms with Crippen molar-refractivity contribution in [1.29, 1.82) is 0 Å². The number of carbonyl (C=O) groups excluding carboxylic acids is 1. The maximum absolute atomic E-state index is 13.6. The Morgan fingerprint density at radius 3 is 2.76 bits per heavy atom. The van der Waals surface area contributed by atoms with Crippen LogP contribution in [0.1, 0.15) is 12.7 Å². The number of nitrogens with zero attached hydrogens (tertiary/aromatic N) is 2. The molecule has 0 aliphatic carbocycles. The van der Waals surface area contributed by atoms with Gasteiger partial charge in [-0.1, -0.05) is 11.8 Å². The summed E-state index contributed by atoms with van der Waals surface area (Å²) < 4.78 is 37.1. The first-order valence-corrected chi connectivity index (χ1v) is 8.12. The number of carbonyl (C=O) groups is 1. The first kappa shape index (κ1) is 17.2. The second-order valence-corrected chi connectivity index (χ2v) is 6.43. The van der Waals surface area contributed by atoms with Crippen LogP contribution >= 0.6 is 11.8 Å². The zero-order valence-electron chi connectivity index (χ0n) is 13.2.